The van der Waals surface area contributed by atoms with Gasteiger partial charge in [0.15, 0.2) is 5.13 Å². The van der Waals surface area contributed by atoms with E-state index in [1.807, 2.05) is 6.20 Å². The lowest BCUT2D eigenvalue weighted by molar-refractivity contribution is 0.324. The summed E-state index contributed by atoms with van der Waals surface area (Å²) in [6.07, 6.45) is 1.85. The Morgan fingerprint density at radius 3 is 2.75 bits per heavy atom. The number of nitrogens with two attached hydrogens (primary N) is 1. The van der Waals surface area contributed by atoms with Crippen molar-refractivity contribution in [1.29, 1.82) is 0 Å². The van der Waals surface area contributed by atoms with Crippen molar-refractivity contribution in [2.24, 2.45) is 0 Å². The minimum atomic E-state index is 0.641. The van der Waals surface area contributed by atoms with E-state index in [4.69, 9.17) is 5.73 Å². The number of hydrogen-bond donors (Lipinski definition) is 1. The van der Waals surface area contributed by atoms with E-state index in [-0.39, 0.29) is 0 Å². The molecule has 16 heavy (non-hydrogen) atoms. The Hall–Kier alpha value is -0.430. The molecule has 2 heterocycles. The zero-order valence-corrected chi connectivity index (χ0v) is 12.0. The molecule has 2 rings (SSSR count). The smallest absolute Gasteiger partial charge is 0.180 e. The average Bonchev–Trinajstić information content (AvgIpc) is 2.76. The van der Waals surface area contributed by atoms with Crippen LogP contribution in [0.2, 0.25) is 0 Å². The van der Waals surface area contributed by atoms with Crippen LogP contribution in [-0.4, -0.2) is 16.9 Å². The van der Waals surface area contributed by atoms with Gasteiger partial charge < -0.3 is 5.73 Å². The molecule has 0 aliphatic carbocycles. The predicted octanol–water partition coefficient (Wildman–Crippen LogP) is 3.18. The van der Waals surface area contributed by atoms with Crippen molar-refractivity contribution < 1.29 is 0 Å². The van der Waals surface area contributed by atoms with Gasteiger partial charge in [-0.25, -0.2) is 4.98 Å². The Labute approximate surface area is 111 Å². The topological polar surface area (TPSA) is 42.2 Å². The van der Waals surface area contributed by atoms with E-state index in [1.165, 1.54) is 9.75 Å². The van der Waals surface area contributed by atoms with E-state index < -0.39 is 0 Å². The van der Waals surface area contributed by atoms with Gasteiger partial charge in [0, 0.05) is 38.9 Å². The number of anilines is 1. The van der Waals surface area contributed by atoms with Crippen LogP contribution in [0.3, 0.4) is 0 Å². The summed E-state index contributed by atoms with van der Waals surface area (Å²) in [5.74, 6) is 0. The normalized spacial score (nSPS) is 11.2. The maximum atomic E-state index is 5.59. The summed E-state index contributed by atoms with van der Waals surface area (Å²) in [4.78, 5) is 8.86. The quantitative estimate of drug-likeness (QED) is 0.941. The second-order valence-corrected chi connectivity index (χ2v) is 6.63. The zero-order chi connectivity index (χ0) is 11.5. The van der Waals surface area contributed by atoms with Gasteiger partial charge >= 0.3 is 0 Å². The summed E-state index contributed by atoms with van der Waals surface area (Å²) in [5.41, 5.74) is 5.59. The first kappa shape index (κ1) is 12.0. The van der Waals surface area contributed by atoms with E-state index in [2.05, 4.69) is 44.3 Å². The second kappa shape index (κ2) is 5.27. The number of thiazole rings is 1. The Morgan fingerprint density at radius 1 is 1.44 bits per heavy atom. The van der Waals surface area contributed by atoms with E-state index in [1.54, 1.807) is 22.7 Å². The van der Waals surface area contributed by atoms with Gasteiger partial charge in [-0.2, -0.15) is 0 Å². The molecule has 0 saturated heterocycles. The first-order valence-electron chi connectivity index (χ1n) is 4.75. The van der Waals surface area contributed by atoms with Crippen LogP contribution in [-0.2, 0) is 13.1 Å². The molecule has 0 bridgehead atoms. The third-order valence-corrected chi connectivity index (χ3v) is 4.54. The highest BCUT2D eigenvalue weighted by Crippen LogP contribution is 2.22. The van der Waals surface area contributed by atoms with Crippen LogP contribution in [0.25, 0.3) is 0 Å². The summed E-state index contributed by atoms with van der Waals surface area (Å²) >= 11 is 6.78. The lowest BCUT2D eigenvalue weighted by Gasteiger charge is -2.13. The Kier molecular flexibility index (Phi) is 3.96. The molecule has 0 spiro atoms. The number of hydrogen-bond acceptors (Lipinski definition) is 5. The van der Waals surface area contributed by atoms with Crippen LogP contribution in [0.5, 0.6) is 0 Å². The average molecular weight is 318 g/mol. The molecule has 0 aliphatic heterocycles. The molecule has 0 atom stereocenters. The van der Waals surface area contributed by atoms with Crippen molar-refractivity contribution >= 4 is 43.7 Å². The largest absolute Gasteiger partial charge is 0.375 e. The maximum Gasteiger partial charge on any atom is 0.180 e. The molecule has 86 valence electrons. The summed E-state index contributed by atoms with van der Waals surface area (Å²) in [6.45, 7) is 1.85. The molecule has 2 aromatic rings. The van der Waals surface area contributed by atoms with Crippen LogP contribution in [0, 0.1) is 0 Å². The number of aromatic nitrogens is 1. The van der Waals surface area contributed by atoms with Crippen LogP contribution < -0.4 is 5.73 Å². The number of nitrogens with zero attached hydrogens (tertiary/aromatic N) is 2. The molecular formula is C10H12BrN3S2. The van der Waals surface area contributed by atoms with Gasteiger partial charge in [0.2, 0.25) is 0 Å². The second-order valence-electron chi connectivity index (χ2n) is 3.57. The summed E-state index contributed by atoms with van der Waals surface area (Å²) in [7, 11) is 2.10. The lowest BCUT2D eigenvalue weighted by atomic mass is 10.4. The van der Waals surface area contributed by atoms with Gasteiger partial charge in [-0.15, -0.1) is 22.7 Å². The fourth-order valence-electron chi connectivity index (χ4n) is 1.42. The molecule has 3 nitrogen and oxygen atoms in total. The highest BCUT2D eigenvalue weighted by molar-refractivity contribution is 9.10. The Bertz CT molecular complexity index is 424. The van der Waals surface area contributed by atoms with Gasteiger partial charge in [-0.3, -0.25) is 4.90 Å². The van der Waals surface area contributed by atoms with Crippen LogP contribution in [0.1, 0.15) is 9.75 Å². The van der Waals surface area contributed by atoms with Crippen molar-refractivity contribution in [3.05, 3.63) is 31.9 Å². The molecule has 6 heteroatoms. The molecule has 0 radical (unpaired) electrons. The minimum absolute atomic E-state index is 0.641. The fraction of sp³-hybridized carbons (Fsp3) is 0.300. The predicted molar refractivity (Wildman–Crippen MR) is 73.7 cm³/mol. The number of rotatable bonds is 4. The monoisotopic (exact) mass is 317 g/mol. The first-order valence-corrected chi connectivity index (χ1v) is 7.24. The minimum Gasteiger partial charge on any atom is -0.375 e. The molecule has 0 amide bonds. The van der Waals surface area contributed by atoms with E-state index in [0.717, 1.165) is 17.6 Å². The standard InChI is InChI=1S/C10H12BrN3S2/c1-14(4-8-2-7(11)6-15-8)5-9-3-13-10(12)16-9/h2-3,6H,4-5H2,1H3,(H2,12,13). The van der Waals surface area contributed by atoms with Gasteiger partial charge in [0.05, 0.1) is 0 Å². The van der Waals surface area contributed by atoms with Crippen molar-refractivity contribution in [3.8, 4) is 0 Å². The molecule has 0 aromatic carbocycles. The summed E-state index contributed by atoms with van der Waals surface area (Å²) in [6, 6.07) is 2.15. The first-order chi connectivity index (χ1) is 7.63. The van der Waals surface area contributed by atoms with Gasteiger partial charge in [0.25, 0.3) is 0 Å². The molecule has 0 aliphatic rings. The highest BCUT2D eigenvalue weighted by Gasteiger charge is 2.06. The third-order valence-electron chi connectivity index (χ3n) is 2.04. The van der Waals surface area contributed by atoms with E-state index in [0.29, 0.717) is 5.13 Å². The molecule has 2 N–H and O–H groups in total. The number of halogens is 1. The zero-order valence-electron chi connectivity index (χ0n) is 8.81. The van der Waals surface area contributed by atoms with Crippen LogP contribution >= 0.6 is 38.6 Å². The van der Waals surface area contributed by atoms with Crippen molar-refractivity contribution in [2.75, 3.05) is 12.8 Å². The van der Waals surface area contributed by atoms with Gasteiger partial charge in [-0.1, -0.05) is 0 Å². The van der Waals surface area contributed by atoms with Crippen LogP contribution in [0.15, 0.2) is 22.1 Å². The van der Waals surface area contributed by atoms with Crippen molar-refractivity contribution in [3.63, 3.8) is 0 Å². The molecule has 0 fully saturated rings. The third kappa shape index (κ3) is 3.28. The Balaban J connectivity index is 1.91. The van der Waals surface area contributed by atoms with E-state index >= 15 is 0 Å². The molecule has 2 aromatic heterocycles. The van der Waals surface area contributed by atoms with E-state index in [9.17, 15) is 0 Å². The number of nitrogen functional groups attached to an aromatic ring is 1. The molecule has 0 unspecified atom stereocenters. The van der Waals surface area contributed by atoms with Crippen molar-refractivity contribution in [2.45, 2.75) is 13.1 Å². The van der Waals surface area contributed by atoms with Crippen LogP contribution in [0.4, 0.5) is 5.13 Å². The molecular weight excluding hydrogens is 306 g/mol. The van der Waals surface area contributed by atoms with Crippen molar-refractivity contribution in [1.82, 2.24) is 9.88 Å². The van der Waals surface area contributed by atoms with Gasteiger partial charge in [0.1, 0.15) is 0 Å². The lowest BCUT2D eigenvalue weighted by Crippen LogP contribution is -2.15. The SMILES string of the molecule is CN(Cc1cc(Br)cs1)Cc1cnc(N)s1. The maximum absolute atomic E-state index is 5.59. The highest BCUT2D eigenvalue weighted by atomic mass is 79.9. The summed E-state index contributed by atoms with van der Waals surface area (Å²) < 4.78 is 1.16. The Morgan fingerprint density at radius 2 is 2.19 bits per heavy atom. The molecule has 0 saturated carbocycles. The van der Waals surface area contributed by atoms with Gasteiger partial charge in [-0.05, 0) is 29.0 Å². The summed E-state index contributed by atoms with van der Waals surface area (Å²) in [5, 5.41) is 2.75. The fourth-order valence-corrected chi connectivity index (χ4v) is 3.71. The number of thiophene rings is 1.